The number of alkyl halides is 1. The van der Waals surface area contributed by atoms with Crippen molar-refractivity contribution in [3.63, 3.8) is 0 Å². The van der Waals surface area contributed by atoms with Crippen LogP contribution in [-0.4, -0.2) is 17.8 Å². The van der Waals surface area contributed by atoms with Crippen molar-refractivity contribution in [3.8, 4) is 0 Å². The van der Waals surface area contributed by atoms with Crippen molar-refractivity contribution in [2.75, 3.05) is 11.4 Å². The Morgan fingerprint density at radius 1 is 1.12 bits per heavy atom. The standard InChI is InChI=1S/C14H15FN2/c15-13-7-3-4-10-17(13)14-9-8-11-5-1-2-6-12(11)16-14/h1-2,5-6,8-9,13H,3-4,7,10H2. The molecule has 17 heavy (non-hydrogen) atoms. The summed E-state index contributed by atoms with van der Waals surface area (Å²) in [7, 11) is 0. The number of anilines is 1. The van der Waals surface area contributed by atoms with Crippen molar-refractivity contribution >= 4 is 16.7 Å². The number of hydrogen-bond acceptors (Lipinski definition) is 2. The highest BCUT2D eigenvalue weighted by atomic mass is 19.1. The van der Waals surface area contributed by atoms with Crippen LogP contribution in [0.4, 0.5) is 10.2 Å². The van der Waals surface area contributed by atoms with E-state index < -0.39 is 6.30 Å². The molecule has 1 aliphatic heterocycles. The summed E-state index contributed by atoms with van der Waals surface area (Å²) >= 11 is 0. The van der Waals surface area contributed by atoms with Gasteiger partial charge in [0.1, 0.15) is 5.82 Å². The quantitative estimate of drug-likeness (QED) is 0.697. The van der Waals surface area contributed by atoms with Gasteiger partial charge in [0.05, 0.1) is 5.52 Å². The van der Waals surface area contributed by atoms with Gasteiger partial charge < -0.3 is 4.90 Å². The monoisotopic (exact) mass is 230 g/mol. The van der Waals surface area contributed by atoms with Gasteiger partial charge in [-0.05, 0) is 37.5 Å². The van der Waals surface area contributed by atoms with E-state index in [1.54, 1.807) is 4.90 Å². The normalized spacial score (nSPS) is 20.8. The van der Waals surface area contributed by atoms with Crippen LogP contribution >= 0.6 is 0 Å². The maximum atomic E-state index is 13.8. The molecule has 1 saturated heterocycles. The summed E-state index contributed by atoms with van der Waals surface area (Å²) in [6.07, 6.45) is 1.77. The fourth-order valence-electron chi connectivity index (χ4n) is 2.36. The summed E-state index contributed by atoms with van der Waals surface area (Å²) in [5.74, 6) is 0.760. The number of rotatable bonds is 1. The Labute approximate surface area is 100 Å². The smallest absolute Gasteiger partial charge is 0.173 e. The predicted octanol–water partition coefficient (Wildman–Crippen LogP) is 3.52. The van der Waals surface area contributed by atoms with Crippen LogP contribution in [0.5, 0.6) is 0 Å². The molecule has 0 radical (unpaired) electrons. The summed E-state index contributed by atoms with van der Waals surface area (Å²) in [6.45, 7) is 0.770. The van der Waals surface area contributed by atoms with Crippen molar-refractivity contribution in [1.82, 2.24) is 4.98 Å². The van der Waals surface area contributed by atoms with Crippen LogP contribution in [0.2, 0.25) is 0 Å². The number of benzene rings is 1. The molecule has 1 atom stereocenters. The van der Waals surface area contributed by atoms with Gasteiger partial charge in [0, 0.05) is 11.9 Å². The highest BCUT2D eigenvalue weighted by molar-refractivity contribution is 5.80. The third-order valence-electron chi connectivity index (χ3n) is 3.31. The van der Waals surface area contributed by atoms with Crippen LogP contribution in [-0.2, 0) is 0 Å². The van der Waals surface area contributed by atoms with E-state index in [-0.39, 0.29) is 0 Å². The van der Waals surface area contributed by atoms with Crippen LogP contribution in [0.25, 0.3) is 10.9 Å². The minimum atomic E-state index is -0.877. The third-order valence-corrected chi connectivity index (χ3v) is 3.31. The van der Waals surface area contributed by atoms with Crippen molar-refractivity contribution in [1.29, 1.82) is 0 Å². The summed E-state index contributed by atoms with van der Waals surface area (Å²) in [5, 5.41) is 1.10. The molecule has 2 heterocycles. The molecule has 1 aromatic carbocycles. The fourth-order valence-corrected chi connectivity index (χ4v) is 2.36. The third kappa shape index (κ3) is 1.97. The Morgan fingerprint density at radius 2 is 2.00 bits per heavy atom. The first-order chi connectivity index (χ1) is 8.34. The molecule has 0 amide bonds. The average molecular weight is 230 g/mol. The number of para-hydroxylation sites is 1. The lowest BCUT2D eigenvalue weighted by Crippen LogP contribution is -2.37. The van der Waals surface area contributed by atoms with Gasteiger partial charge in [-0.3, -0.25) is 0 Å². The van der Waals surface area contributed by atoms with Gasteiger partial charge in [0.25, 0.3) is 0 Å². The Balaban J connectivity index is 1.99. The number of fused-ring (bicyclic) bond motifs is 1. The molecule has 3 heteroatoms. The number of nitrogens with zero attached hydrogens (tertiary/aromatic N) is 2. The molecule has 2 aromatic rings. The van der Waals surface area contributed by atoms with E-state index >= 15 is 0 Å². The first-order valence-electron chi connectivity index (χ1n) is 6.11. The van der Waals surface area contributed by atoms with Gasteiger partial charge in [0.2, 0.25) is 0 Å². The largest absolute Gasteiger partial charge is 0.327 e. The molecular weight excluding hydrogens is 215 g/mol. The second-order valence-electron chi connectivity index (χ2n) is 4.49. The number of hydrogen-bond donors (Lipinski definition) is 0. The van der Waals surface area contributed by atoms with Gasteiger partial charge >= 0.3 is 0 Å². The first-order valence-corrected chi connectivity index (χ1v) is 6.11. The molecule has 1 unspecified atom stereocenters. The lowest BCUT2D eigenvalue weighted by molar-refractivity contribution is 0.264. The fraction of sp³-hybridized carbons (Fsp3) is 0.357. The number of halogens is 1. The van der Waals surface area contributed by atoms with Crippen molar-refractivity contribution in [3.05, 3.63) is 36.4 Å². The van der Waals surface area contributed by atoms with Crippen LogP contribution in [0, 0.1) is 0 Å². The number of piperidine rings is 1. The Kier molecular flexibility index (Phi) is 2.67. The maximum Gasteiger partial charge on any atom is 0.173 e. The second-order valence-corrected chi connectivity index (χ2v) is 4.49. The Morgan fingerprint density at radius 3 is 2.88 bits per heavy atom. The van der Waals surface area contributed by atoms with Crippen molar-refractivity contribution in [2.45, 2.75) is 25.6 Å². The molecule has 2 nitrogen and oxygen atoms in total. The maximum absolute atomic E-state index is 13.8. The molecule has 0 saturated carbocycles. The van der Waals surface area contributed by atoms with Crippen molar-refractivity contribution < 1.29 is 4.39 Å². The number of aromatic nitrogens is 1. The molecule has 88 valence electrons. The summed E-state index contributed by atoms with van der Waals surface area (Å²) in [4.78, 5) is 6.31. The van der Waals surface area contributed by atoms with Crippen LogP contribution in [0.1, 0.15) is 19.3 Å². The van der Waals surface area contributed by atoms with E-state index in [1.165, 1.54) is 0 Å². The molecule has 1 aromatic heterocycles. The van der Waals surface area contributed by atoms with E-state index in [0.717, 1.165) is 36.1 Å². The highest BCUT2D eigenvalue weighted by Crippen LogP contribution is 2.25. The van der Waals surface area contributed by atoms with Crippen LogP contribution in [0.15, 0.2) is 36.4 Å². The van der Waals surface area contributed by atoms with E-state index in [4.69, 9.17) is 0 Å². The summed E-state index contributed by atoms with van der Waals surface area (Å²) in [5.41, 5.74) is 0.933. The van der Waals surface area contributed by atoms with Crippen molar-refractivity contribution in [2.24, 2.45) is 0 Å². The van der Waals surface area contributed by atoms with Gasteiger partial charge in [-0.2, -0.15) is 0 Å². The van der Waals surface area contributed by atoms with Gasteiger partial charge in [-0.15, -0.1) is 0 Å². The lowest BCUT2D eigenvalue weighted by atomic mass is 10.1. The summed E-state index contributed by atoms with van der Waals surface area (Å²) < 4.78 is 13.8. The first kappa shape index (κ1) is 10.5. The molecular formula is C14H15FN2. The molecule has 0 aliphatic carbocycles. The second kappa shape index (κ2) is 4.32. The zero-order valence-corrected chi connectivity index (χ0v) is 9.64. The lowest BCUT2D eigenvalue weighted by Gasteiger charge is -2.31. The van der Waals surface area contributed by atoms with Gasteiger partial charge in [0.15, 0.2) is 6.30 Å². The molecule has 0 N–H and O–H groups in total. The van der Waals surface area contributed by atoms with Crippen LogP contribution < -0.4 is 4.90 Å². The summed E-state index contributed by atoms with van der Waals surface area (Å²) in [6, 6.07) is 11.9. The Bertz CT molecular complexity index is 526. The van der Waals surface area contributed by atoms with Crippen LogP contribution in [0.3, 0.4) is 0 Å². The molecule has 0 bridgehead atoms. The minimum Gasteiger partial charge on any atom is -0.327 e. The number of pyridine rings is 1. The molecule has 1 aliphatic rings. The van der Waals surface area contributed by atoms with E-state index in [1.807, 2.05) is 36.4 Å². The zero-order chi connectivity index (χ0) is 11.7. The van der Waals surface area contributed by atoms with Gasteiger partial charge in [-0.25, -0.2) is 9.37 Å². The topological polar surface area (TPSA) is 16.1 Å². The van der Waals surface area contributed by atoms with E-state index in [9.17, 15) is 4.39 Å². The molecule has 3 rings (SSSR count). The SMILES string of the molecule is FC1CCCCN1c1ccc2ccccc2n1. The molecule has 1 fully saturated rings. The molecule has 0 spiro atoms. The van der Waals surface area contributed by atoms with E-state index in [2.05, 4.69) is 4.98 Å². The highest BCUT2D eigenvalue weighted by Gasteiger charge is 2.22. The van der Waals surface area contributed by atoms with Gasteiger partial charge in [-0.1, -0.05) is 18.2 Å². The average Bonchev–Trinajstić information content (AvgIpc) is 2.39. The zero-order valence-electron chi connectivity index (χ0n) is 9.64. The Hall–Kier alpha value is -1.64. The van der Waals surface area contributed by atoms with E-state index in [0.29, 0.717) is 6.42 Å². The minimum absolute atomic E-state index is 0.620. The predicted molar refractivity (Wildman–Crippen MR) is 67.8 cm³/mol.